The van der Waals surface area contributed by atoms with E-state index in [1.165, 1.54) is 38.8 Å². The zero-order valence-corrected chi connectivity index (χ0v) is 15.4. The summed E-state index contributed by atoms with van der Waals surface area (Å²) >= 11 is 5.91. The van der Waals surface area contributed by atoms with Crippen molar-refractivity contribution in [2.24, 2.45) is 0 Å². The molecule has 0 bridgehead atoms. The lowest BCUT2D eigenvalue weighted by molar-refractivity contribution is -0.136. The fraction of sp³-hybridized carbons (Fsp3) is 0.235. The van der Waals surface area contributed by atoms with Crippen LogP contribution in [0.3, 0.4) is 0 Å². The van der Waals surface area contributed by atoms with Crippen LogP contribution in [0.4, 0.5) is 5.69 Å². The van der Waals surface area contributed by atoms with Gasteiger partial charge in [0.05, 0.1) is 25.5 Å². The van der Waals surface area contributed by atoms with E-state index in [0.29, 0.717) is 16.5 Å². The quantitative estimate of drug-likeness (QED) is 0.709. The second-order valence-corrected chi connectivity index (χ2v) is 5.75. The van der Waals surface area contributed by atoms with Gasteiger partial charge in [0.25, 0.3) is 5.91 Å². The van der Waals surface area contributed by atoms with Gasteiger partial charge in [-0.25, -0.2) is 9.78 Å². The Morgan fingerprint density at radius 2 is 2.04 bits per heavy atom. The molecule has 0 radical (unpaired) electrons. The monoisotopic (exact) mass is 392 g/mol. The molecule has 142 valence electrons. The maximum absolute atomic E-state index is 12.1. The van der Waals surface area contributed by atoms with Crippen LogP contribution in [-0.4, -0.2) is 60.0 Å². The molecule has 0 aliphatic rings. The summed E-state index contributed by atoms with van der Waals surface area (Å²) in [6, 6.07) is 4.76. The maximum Gasteiger partial charge on any atom is 0.359 e. The Bertz CT molecular complexity index is 831. The van der Waals surface area contributed by atoms with Crippen molar-refractivity contribution >= 4 is 35.1 Å². The summed E-state index contributed by atoms with van der Waals surface area (Å²) in [7, 11) is 2.87. The van der Waals surface area contributed by atoms with Gasteiger partial charge in [-0.1, -0.05) is 11.6 Å². The van der Waals surface area contributed by atoms with Gasteiger partial charge in [-0.05, 0) is 18.2 Å². The van der Waals surface area contributed by atoms with Gasteiger partial charge in [0.15, 0.2) is 12.3 Å². The number of amides is 2. The van der Waals surface area contributed by atoms with Gasteiger partial charge >= 0.3 is 5.97 Å². The minimum Gasteiger partial charge on any atom is -0.495 e. The maximum atomic E-state index is 12.1. The highest BCUT2D eigenvalue weighted by Crippen LogP contribution is 2.27. The second-order valence-electron chi connectivity index (χ2n) is 5.31. The molecule has 2 rings (SSSR count). The van der Waals surface area contributed by atoms with Gasteiger partial charge in [-0.15, -0.1) is 0 Å². The topological polar surface area (TPSA) is 111 Å². The summed E-state index contributed by atoms with van der Waals surface area (Å²) < 4.78 is 10.00. The number of benzene rings is 1. The van der Waals surface area contributed by atoms with Crippen LogP contribution in [0.2, 0.25) is 5.02 Å². The zero-order chi connectivity index (χ0) is 19.8. The smallest absolute Gasteiger partial charge is 0.359 e. The van der Waals surface area contributed by atoms with Crippen LogP contribution in [0.1, 0.15) is 10.5 Å². The molecule has 9 nitrogen and oxygen atoms in total. The number of rotatable bonds is 7. The van der Waals surface area contributed by atoms with Crippen molar-refractivity contribution in [1.82, 2.24) is 14.9 Å². The van der Waals surface area contributed by atoms with Crippen molar-refractivity contribution in [3.8, 4) is 5.75 Å². The molecule has 0 aliphatic heterocycles. The van der Waals surface area contributed by atoms with Crippen molar-refractivity contribution in [1.29, 1.82) is 0 Å². The first-order valence-corrected chi connectivity index (χ1v) is 8.09. The molecule has 2 amide bonds. The van der Waals surface area contributed by atoms with Gasteiger partial charge in [0, 0.05) is 24.5 Å². The first-order chi connectivity index (χ1) is 12.9. The fourth-order valence-corrected chi connectivity index (χ4v) is 2.16. The molecule has 1 N–H and O–H groups in total. The van der Waals surface area contributed by atoms with Gasteiger partial charge in [-0.3, -0.25) is 14.6 Å². The minimum atomic E-state index is -0.780. The summed E-state index contributed by atoms with van der Waals surface area (Å²) in [6.07, 6.45) is 3.96. The van der Waals surface area contributed by atoms with Crippen molar-refractivity contribution in [2.75, 3.05) is 32.6 Å². The highest BCUT2D eigenvalue weighted by atomic mass is 35.5. The lowest BCUT2D eigenvalue weighted by Crippen LogP contribution is -2.37. The van der Waals surface area contributed by atoms with E-state index < -0.39 is 24.4 Å². The molecule has 10 heteroatoms. The molecule has 0 saturated heterocycles. The number of nitrogens with one attached hydrogen (secondary N) is 1. The van der Waals surface area contributed by atoms with Gasteiger partial charge in [0.1, 0.15) is 5.75 Å². The molecule has 1 aromatic carbocycles. The van der Waals surface area contributed by atoms with E-state index in [0.717, 1.165) is 4.90 Å². The minimum absolute atomic E-state index is 0.0150. The number of aromatic nitrogens is 2. The lowest BCUT2D eigenvalue weighted by atomic mass is 10.3. The Kier molecular flexibility index (Phi) is 7.07. The Labute approximate surface area is 160 Å². The third kappa shape index (κ3) is 5.93. The van der Waals surface area contributed by atoms with Crippen LogP contribution in [0.25, 0.3) is 0 Å². The molecule has 0 atom stereocenters. The first kappa shape index (κ1) is 20.1. The fourth-order valence-electron chi connectivity index (χ4n) is 1.99. The summed E-state index contributed by atoms with van der Waals surface area (Å²) in [5.74, 6) is -1.37. The van der Waals surface area contributed by atoms with E-state index in [4.69, 9.17) is 21.1 Å². The molecule has 0 unspecified atom stereocenters. The molecule has 0 spiro atoms. The molecular weight excluding hydrogens is 376 g/mol. The summed E-state index contributed by atoms with van der Waals surface area (Å²) in [6.45, 7) is -0.781. The second kappa shape index (κ2) is 9.48. The first-order valence-electron chi connectivity index (χ1n) is 7.71. The van der Waals surface area contributed by atoms with Gasteiger partial charge < -0.3 is 19.7 Å². The molecule has 0 fully saturated rings. The summed E-state index contributed by atoms with van der Waals surface area (Å²) in [5.41, 5.74) is 0.365. The van der Waals surface area contributed by atoms with Crippen LogP contribution in [0, 0.1) is 0 Å². The molecule has 0 saturated carbocycles. The number of carbonyl (C=O) groups is 3. The Morgan fingerprint density at radius 3 is 2.70 bits per heavy atom. The lowest BCUT2D eigenvalue weighted by Gasteiger charge is -2.17. The SMILES string of the molecule is COc1ccc(Cl)cc1NC(=O)CN(C)C(=O)COC(=O)c1cnccn1. The molecule has 0 aliphatic carbocycles. The molecule has 2 aromatic rings. The Balaban J connectivity index is 1.86. The molecule has 27 heavy (non-hydrogen) atoms. The Morgan fingerprint density at radius 1 is 1.26 bits per heavy atom. The third-order valence-corrected chi connectivity index (χ3v) is 3.58. The van der Waals surface area contributed by atoms with Crippen LogP contribution < -0.4 is 10.1 Å². The van der Waals surface area contributed by atoms with E-state index >= 15 is 0 Å². The predicted octanol–water partition coefficient (Wildman–Crippen LogP) is 1.39. The average molecular weight is 393 g/mol. The van der Waals surface area contributed by atoms with E-state index in [9.17, 15) is 14.4 Å². The van der Waals surface area contributed by atoms with E-state index in [-0.39, 0.29) is 12.2 Å². The van der Waals surface area contributed by atoms with Crippen molar-refractivity contribution in [3.63, 3.8) is 0 Å². The summed E-state index contributed by atoms with van der Waals surface area (Å²) in [4.78, 5) is 44.5. The summed E-state index contributed by atoms with van der Waals surface area (Å²) in [5, 5.41) is 3.03. The van der Waals surface area contributed by atoms with E-state index in [1.54, 1.807) is 12.1 Å². The van der Waals surface area contributed by atoms with Gasteiger partial charge in [-0.2, -0.15) is 0 Å². The average Bonchev–Trinajstić information content (AvgIpc) is 2.66. The number of hydrogen-bond donors (Lipinski definition) is 1. The highest BCUT2D eigenvalue weighted by molar-refractivity contribution is 6.31. The van der Waals surface area contributed by atoms with Crippen LogP contribution in [0.5, 0.6) is 5.75 Å². The number of halogens is 1. The number of nitrogens with zero attached hydrogens (tertiary/aromatic N) is 3. The zero-order valence-electron chi connectivity index (χ0n) is 14.6. The molecule has 1 heterocycles. The molecular formula is C17H17ClN4O5. The number of hydrogen-bond acceptors (Lipinski definition) is 7. The van der Waals surface area contributed by atoms with Crippen LogP contribution in [-0.2, 0) is 14.3 Å². The van der Waals surface area contributed by atoms with Crippen LogP contribution in [0.15, 0.2) is 36.8 Å². The number of anilines is 1. The van der Waals surface area contributed by atoms with E-state index in [2.05, 4.69) is 15.3 Å². The van der Waals surface area contributed by atoms with E-state index in [1.807, 2.05) is 0 Å². The van der Waals surface area contributed by atoms with Crippen molar-refractivity contribution in [2.45, 2.75) is 0 Å². The highest BCUT2D eigenvalue weighted by Gasteiger charge is 2.17. The van der Waals surface area contributed by atoms with Crippen molar-refractivity contribution < 1.29 is 23.9 Å². The van der Waals surface area contributed by atoms with Crippen LogP contribution >= 0.6 is 11.6 Å². The Hall–Kier alpha value is -3.20. The normalized spacial score (nSPS) is 10.0. The standard InChI is InChI=1S/C17H17ClN4O5/c1-22(16(24)10-27-17(25)13-8-19-5-6-20-13)9-15(23)21-12-7-11(18)3-4-14(12)26-2/h3-8H,9-10H2,1-2H3,(H,21,23). The number of ether oxygens (including phenoxy) is 2. The number of carbonyl (C=O) groups excluding carboxylic acids is 3. The third-order valence-electron chi connectivity index (χ3n) is 3.34. The number of esters is 1. The number of methoxy groups -OCH3 is 1. The van der Waals surface area contributed by atoms with Crippen molar-refractivity contribution in [3.05, 3.63) is 47.5 Å². The largest absolute Gasteiger partial charge is 0.495 e. The molecule has 1 aromatic heterocycles. The van der Waals surface area contributed by atoms with Gasteiger partial charge in [0.2, 0.25) is 5.91 Å². The predicted molar refractivity (Wildman–Crippen MR) is 96.6 cm³/mol. The number of likely N-dealkylation sites (N-methyl/N-ethyl adjacent to an activating group) is 1.